The Morgan fingerprint density at radius 2 is 2.11 bits per heavy atom. The van der Waals surface area contributed by atoms with Gasteiger partial charge in [-0.1, -0.05) is 6.07 Å². The standard InChI is InChI=1S/C14H17NO4/c1-8-3-4-10(14(17)18)7-12(8)19-9(2)13(16)15-11-5-6-11/h3-4,7,9,11H,5-6H2,1-2H3,(H,15,16)(H,17,18). The average Bonchev–Trinajstić information content (AvgIpc) is 3.15. The highest BCUT2D eigenvalue weighted by Gasteiger charge is 2.26. The number of carboxylic acid groups (broad SMARTS) is 1. The van der Waals surface area contributed by atoms with Crippen LogP contribution in [0.15, 0.2) is 18.2 Å². The van der Waals surface area contributed by atoms with Gasteiger partial charge in [0.2, 0.25) is 0 Å². The van der Waals surface area contributed by atoms with Gasteiger partial charge in [-0.2, -0.15) is 0 Å². The molecule has 0 aliphatic heterocycles. The molecule has 2 N–H and O–H groups in total. The minimum absolute atomic E-state index is 0.149. The molecule has 2 rings (SSSR count). The number of aromatic carboxylic acids is 1. The van der Waals surface area contributed by atoms with Gasteiger partial charge in [0.15, 0.2) is 6.10 Å². The molecule has 0 aromatic heterocycles. The Morgan fingerprint density at radius 1 is 1.42 bits per heavy atom. The zero-order valence-electron chi connectivity index (χ0n) is 11.0. The fourth-order valence-corrected chi connectivity index (χ4v) is 1.65. The van der Waals surface area contributed by atoms with Crippen molar-refractivity contribution in [3.8, 4) is 5.75 Å². The molecule has 1 unspecified atom stereocenters. The molecule has 19 heavy (non-hydrogen) atoms. The average molecular weight is 263 g/mol. The minimum atomic E-state index is -1.01. The SMILES string of the molecule is Cc1ccc(C(=O)O)cc1OC(C)C(=O)NC1CC1. The van der Waals surface area contributed by atoms with E-state index in [2.05, 4.69) is 5.32 Å². The summed E-state index contributed by atoms with van der Waals surface area (Å²) in [6.45, 7) is 3.47. The topological polar surface area (TPSA) is 75.6 Å². The van der Waals surface area contributed by atoms with Crippen molar-refractivity contribution in [2.45, 2.75) is 38.8 Å². The van der Waals surface area contributed by atoms with Gasteiger partial charge in [-0.15, -0.1) is 0 Å². The summed E-state index contributed by atoms with van der Waals surface area (Å²) in [5.41, 5.74) is 0.950. The van der Waals surface area contributed by atoms with E-state index in [0.29, 0.717) is 5.75 Å². The van der Waals surface area contributed by atoms with Crippen molar-refractivity contribution in [2.75, 3.05) is 0 Å². The third-order valence-corrected chi connectivity index (χ3v) is 3.03. The van der Waals surface area contributed by atoms with Gasteiger partial charge in [-0.25, -0.2) is 4.79 Å². The summed E-state index contributed by atoms with van der Waals surface area (Å²) in [6.07, 6.45) is 1.40. The molecule has 0 bridgehead atoms. The molecule has 0 heterocycles. The molecular weight excluding hydrogens is 246 g/mol. The van der Waals surface area contributed by atoms with Gasteiger partial charge in [-0.05, 0) is 44.4 Å². The van der Waals surface area contributed by atoms with Gasteiger partial charge in [0.25, 0.3) is 5.91 Å². The van der Waals surface area contributed by atoms with E-state index in [4.69, 9.17) is 9.84 Å². The summed E-state index contributed by atoms with van der Waals surface area (Å²) >= 11 is 0. The normalized spacial score (nSPS) is 15.7. The maximum absolute atomic E-state index is 11.8. The minimum Gasteiger partial charge on any atom is -0.481 e. The quantitative estimate of drug-likeness (QED) is 0.848. The molecule has 5 heteroatoms. The van der Waals surface area contributed by atoms with Crippen molar-refractivity contribution in [2.24, 2.45) is 0 Å². The van der Waals surface area contributed by atoms with Crippen LogP contribution in [0.1, 0.15) is 35.7 Å². The second-order valence-corrected chi connectivity index (χ2v) is 4.83. The van der Waals surface area contributed by atoms with Gasteiger partial charge in [0.05, 0.1) is 5.56 Å². The van der Waals surface area contributed by atoms with Crippen LogP contribution in [0.2, 0.25) is 0 Å². The third kappa shape index (κ3) is 3.47. The van der Waals surface area contributed by atoms with Crippen LogP contribution >= 0.6 is 0 Å². The van der Waals surface area contributed by atoms with Crippen molar-refractivity contribution in [3.05, 3.63) is 29.3 Å². The lowest BCUT2D eigenvalue weighted by Gasteiger charge is -2.16. The van der Waals surface area contributed by atoms with Crippen LogP contribution in [-0.2, 0) is 4.79 Å². The van der Waals surface area contributed by atoms with Crippen LogP contribution in [0.25, 0.3) is 0 Å². The van der Waals surface area contributed by atoms with E-state index in [1.54, 1.807) is 13.0 Å². The molecule has 1 amide bonds. The summed E-state index contributed by atoms with van der Waals surface area (Å²) in [6, 6.07) is 4.91. The van der Waals surface area contributed by atoms with E-state index < -0.39 is 12.1 Å². The highest BCUT2D eigenvalue weighted by molar-refractivity contribution is 5.88. The van der Waals surface area contributed by atoms with E-state index >= 15 is 0 Å². The zero-order chi connectivity index (χ0) is 14.0. The fourth-order valence-electron chi connectivity index (χ4n) is 1.65. The molecule has 5 nitrogen and oxygen atoms in total. The second kappa shape index (κ2) is 5.30. The van der Waals surface area contributed by atoms with Gasteiger partial charge in [0.1, 0.15) is 5.75 Å². The van der Waals surface area contributed by atoms with Crippen molar-refractivity contribution >= 4 is 11.9 Å². The van der Waals surface area contributed by atoms with E-state index in [0.717, 1.165) is 18.4 Å². The Labute approximate surface area is 111 Å². The maximum Gasteiger partial charge on any atom is 0.335 e. The first kappa shape index (κ1) is 13.4. The van der Waals surface area contributed by atoms with Crippen LogP contribution in [0.5, 0.6) is 5.75 Å². The van der Waals surface area contributed by atoms with E-state index in [-0.39, 0.29) is 17.5 Å². The van der Waals surface area contributed by atoms with Crippen LogP contribution in [0, 0.1) is 6.92 Å². The largest absolute Gasteiger partial charge is 0.481 e. The molecule has 0 spiro atoms. The number of benzene rings is 1. The number of rotatable bonds is 5. The third-order valence-electron chi connectivity index (χ3n) is 3.03. The Bertz CT molecular complexity index is 508. The smallest absolute Gasteiger partial charge is 0.335 e. The first-order valence-corrected chi connectivity index (χ1v) is 6.28. The van der Waals surface area contributed by atoms with E-state index in [1.807, 2.05) is 6.92 Å². The molecule has 1 saturated carbocycles. The van der Waals surface area contributed by atoms with Crippen LogP contribution in [0.4, 0.5) is 0 Å². The van der Waals surface area contributed by atoms with E-state index in [1.165, 1.54) is 12.1 Å². The number of nitrogens with one attached hydrogen (secondary N) is 1. The van der Waals surface area contributed by atoms with E-state index in [9.17, 15) is 9.59 Å². The summed E-state index contributed by atoms with van der Waals surface area (Å²) in [4.78, 5) is 22.7. The first-order chi connectivity index (χ1) is 8.97. The second-order valence-electron chi connectivity index (χ2n) is 4.83. The fraction of sp³-hybridized carbons (Fsp3) is 0.429. The van der Waals surface area contributed by atoms with Crippen LogP contribution in [-0.4, -0.2) is 29.1 Å². The Hall–Kier alpha value is -2.04. The summed E-state index contributed by atoms with van der Waals surface area (Å²) in [5.74, 6) is -0.749. The molecule has 102 valence electrons. The molecular formula is C14H17NO4. The monoisotopic (exact) mass is 263 g/mol. The van der Waals surface area contributed by atoms with Crippen LogP contribution < -0.4 is 10.1 Å². The number of carbonyl (C=O) groups excluding carboxylic acids is 1. The van der Waals surface area contributed by atoms with Gasteiger partial charge >= 0.3 is 5.97 Å². The highest BCUT2D eigenvalue weighted by Crippen LogP contribution is 2.22. The van der Waals surface area contributed by atoms with Crippen molar-refractivity contribution in [1.29, 1.82) is 0 Å². The summed E-state index contributed by atoms with van der Waals surface area (Å²) in [7, 11) is 0. The number of ether oxygens (including phenoxy) is 1. The maximum atomic E-state index is 11.8. The Morgan fingerprint density at radius 3 is 2.68 bits per heavy atom. The number of aryl methyl sites for hydroxylation is 1. The van der Waals surface area contributed by atoms with Crippen molar-refractivity contribution in [3.63, 3.8) is 0 Å². The molecule has 1 fully saturated rings. The molecule has 0 radical (unpaired) electrons. The zero-order valence-corrected chi connectivity index (χ0v) is 11.0. The predicted molar refractivity (Wildman–Crippen MR) is 69.4 cm³/mol. The highest BCUT2D eigenvalue weighted by atomic mass is 16.5. The molecule has 0 saturated heterocycles. The van der Waals surface area contributed by atoms with Crippen molar-refractivity contribution in [1.82, 2.24) is 5.32 Å². The molecule has 1 aromatic carbocycles. The lowest BCUT2D eigenvalue weighted by Crippen LogP contribution is -2.37. The van der Waals surface area contributed by atoms with Crippen LogP contribution in [0.3, 0.4) is 0 Å². The predicted octanol–water partition coefficient (Wildman–Crippen LogP) is 1.74. The van der Waals surface area contributed by atoms with Crippen molar-refractivity contribution < 1.29 is 19.4 Å². The number of carboxylic acids is 1. The lowest BCUT2D eigenvalue weighted by molar-refractivity contribution is -0.127. The summed E-state index contributed by atoms with van der Waals surface area (Å²) < 4.78 is 5.55. The Kier molecular flexibility index (Phi) is 3.74. The molecule has 1 atom stereocenters. The number of hydrogen-bond donors (Lipinski definition) is 2. The van der Waals surface area contributed by atoms with Gasteiger partial charge in [0, 0.05) is 6.04 Å². The number of carbonyl (C=O) groups is 2. The lowest BCUT2D eigenvalue weighted by atomic mass is 10.1. The number of amides is 1. The van der Waals surface area contributed by atoms with Gasteiger partial charge in [-0.3, -0.25) is 4.79 Å². The summed E-state index contributed by atoms with van der Waals surface area (Å²) in [5, 5.41) is 11.8. The number of hydrogen-bond acceptors (Lipinski definition) is 3. The van der Waals surface area contributed by atoms with Gasteiger partial charge < -0.3 is 15.2 Å². The molecule has 1 aliphatic rings. The Balaban J connectivity index is 2.06. The molecule has 1 aliphatic carbocycles. The molecule has 1 aromatic rings. The first-order valence-electron chi connectivity index (χ1n) is 6.28.